The van der Waals surface area contributed by atoms with Crippen LogP contribution in [0, 0.1) is 0 Å². The molecule has 0 aliphatic carbocycles. The molecule has 1 rings (SSSR count). The van der Waals surface area contributed by atoms with Crippen molar-refractivity contribution in [1.29, 1.82) is 0 Å². The van der Waals surface area contributed by atoms with Gasteiger partial charge in [0, 0.05) is 12.7 Å². The largest absolute Gasteiger partial charge is 0.316 e. The summed E-state index contributed by atoms with van der Waals surface area (Å²) in [5, 5.41) is 8.99. The van der Waals surface area contributed by atoms with Crippen LogP contribution in [0.1, 0.15) is 5.56 Å². The molecule has 0 saturated carbocycles. The molecule has 60 valence electrons. The SMILES string of the molecule is ONCc1cnc(Cl)c(Cl)c1. The summed E-state index contributed by atoms with van der Waals surface area (Å²) < 4.78 is 0. The molecule has 11 heavy (non-hydrogen) atoms. The van der Waals surface area contributed by atoms with Crippen LogP contribution in [0.25, 0.3) is 0 Å². The Morgan fingerprint density at radius 3 is 2.82 bits per heavy atom. The average Bonchev–Trinajstić information content (AvgIpc) is 1.98. The molecule has 0 aliphatic rings. The zero-order chi connectivity index (χ0) is 8.27. The first-order valence-corrected chi connectivity index (χ1v) is 3.66. The molecule has 0 amide bonds. The number of hydrogen-bond acceptors (Lipinski definition) is 3. The van der Waals surface area contributed by atoms with Gasteiger partial charge in [-0.1, -0.05) is 23.2 Å². The van der Waals surface area contributed by atoms with E-state index < -0.39 is 0 Å². The first-order chi connectivity index (χ1) is 5.24. The van der Waals surface area contributed by atoms with Crippen molar-refractivity contribution in [3.05, 3.63) is 28.0 Å². The van der Waals surface area contributed by atoms with Crippen LogP contribution in [0.5, 0.6) is 0 Å². The lowest BCUT2D eigenvalue weighted by Crippen LogP contribution is -2.06. The Bertz CT molecular complexity index is 254. The van der Waals surface area contributed by atoms with Crippen molar-refractivity contribution in [3.63, 3.8) is 0 Å². The van der Waals surface area contributed by atoms with Crippen molar-refractivity contribution in [1.82, 2.24) is 10.5 Å². The lowest BCUT2D eigenvalue weighted by atomic mass is 10.3. The number of nitrogens with zero attached hydrogens (tertiary/aromatic N) is 1. The number of aromatic nitrogens is 1. The highest BCUT2D eigenvalue weighted by atomic mass is 35.5. The van der Waals surface area contributed by atoms with Crippen molar-refractivity contribution in [2.24, 2.45) is 0 Å². The second kappa shape index (κ2) is 3.88. The number of nitrogens with one attached hydrogen (secondary N) is 1. The maximum absolute atomic E-state index is 8.33. The zero-order valence-electron chi connectivity index (χ0n) is 5.51. The fourth-order valence-electron chi connectivity index (χ4n) is 0.649. The van der Waals surface area contributed by atoms with Crippen molar-refractivity contribution >= 4 is 23.2 Å². The maximum Gasteiger partial charge on any atom is 0.147 e. The number of hydroxylamine groups is 1. The molecule has 1 aromatic rings. The summed E-state index contributed by atoms with van der Waals surface area (Å²) >= 11 is 11.2. The van der Waals surface area contributed by atoms with E-state index in [1.807, 2.05) is 5.48 Å². The molecule has 0 bridgehead atoms. The highest BCUT2D eigenvalue weighted by Crippen LogP contribution is 2.19. The standard InChI is InChI=1S/C6H6Cl2N2O/c7-5-1-4(3-10-11)2-9-6(5)8/h1-2,10-11H,3H2. The fraction of sp³-hybridized carbons (Fsp3) is 0.167. The van der Waals surface area contributed by atoms with E-state index in [9.17, 15) is 0 Å². The Hall–Kier alpha value is -0.350. The van der Waals surface area contributed by atoms with Gasteiger partial charge in [0.05, 0.1) is 5.02 Å². The summed E-state index contributed by atoms with van der Waals surface area (Å²) in [5.41, 5.74) is 2.77. The van der Waals surface area contributed by atoms with Gasteiger partial charge in [-0.2, -0.15) is 0 Å². The highest BCUT2D eigenvalue weighted by Gasteiger charge is 1.99. The van der Waals surface area contributed by atoms with Crippen LogP contribution in [0.4, 0.5) is 0 Å². The summed E-state index contributed by atoms with van der Waals surface area (Å²) in [6.45, 7) is 0.309. The fourth-order valence-corrected chi connectivity index (χ4v) is 0.941. The molecule has 0 fully saturated rings. The maximum atomic E-state index is 8.33. The van der Waals surface area contributed by atoms with Crippen LogP contribution < -0.4 is 5.48 Å². The monoisotopic (exact) mass is 192 g/mol. The Morgan fingerprint density at radius 2 is 2.27 bits per heavy atom. The van der Waals surface area contributed by atoms with Crippen molar-refractivity contribution in [2.45, 2.75) is 6.54 Å². The van der Waals surface area contributed by atoms with Crippen LogP contribution in [0.15, 0.2) is 12.3 Å². The number of hydrogen-bond donors (Lipinski definition) is 2. The molecular weight excluding hydrogens is 187 g/mol. The lowest BCUT2D eigenvalue weighted by molar-refractivity contribution is 0.161. The van der Waals surface area contributed by atoms with E-state index in [1.54, 1.807) is 6.07 Å². The molecule has 0 spiro atoms. The quantitative estimate of drug-likeness (QED) is 0.556. The third-order valence-corrected chi connectivity index (χ3v) is 1.82. The molecule has 0 aromatic carbocycles. The van der Waals surface area contributed by atoms with Gasteiger partial charge < -0.3 is 5.21 Å². The topological polar surface area (TPSA) is 45.1 Å². The average molecular weight is 193 g/mol. The van der Waals surface area contributed by atoms with E-state index in [1.165, 1.54) is 6.20 Å². The van der Waals surface area contributed by atoms with Crippen LogP contribution in [0.2, 0.25) is 10.2 Å². The number of rotatable bonds is 2. The molecule has 5 heteroatoms. The van der Waals surface area contributed by atoms with Gasteiger partial charge in [-0.05, 0) is 11.6 Å². The molecule has 1 heterocycles. The smallest absolute Gasteiger partial charge is 0.147 e. The van der Waals surface area contributed by atoms with E-state index in [0.29, 0.717) is 11.6 Å². The molecular formula is C6H6Cl2N2O. The van der Waals surface area contributed by atoms with Crippen LogP contribution in [0.3, 0.4) is 0 Å². The molecule has 3 nitrogen and oxygen atoms in total. The molecule has 0 atom stereocenters. The van der Waals surface area contributed by atoms with E-state index in [2.05, 4.69) is 4.98 Å². The Balaban J connectivity index is 2.86. The van der Waals surface area contributed by atoms with Crippen LogP contribution in [-0.2, 0) is 6.54 Å². The number of halogens is 2. The van der Waals surface area contributed by atoms with E-state index >= 15 is 0 Å². The summed E-state index contributed by atoms with van der Waals surface area (Å²) in [5.74, 6) is 0. The van der Waals surface area contributed by atoms with Gasteiger partial charge in [0.25, 0.3) is 0 Å². The summed E-state index contributed by atoms with van der Waals surface area (Å²) in [6, 6.07) is 1.64. The molecule has 0 radical (unpaired) electrons. The highest BCUT2D eigenvalue weighted by molar-refractivity contribution is 6.41. The van der Waals surface area contributed by atoms with Gasteiger partial charge in [-0.25, -0.2) is 10.5 Å². The molecule has 2 N–H and O–H groups in total. The van der Waals surface area contributed by atoms with Gasteiger partial charge in [0.15, 0.2) is 0 Å². The molecule has 0 saturated heterocycles. The number of pyridine rings is 1. The predicted octanol–water partition coefficient (Wildman–Crippen LogP) is 1.87. The van der Waals surface area contributed by atoms with Gasteiger partial charge in [-0.3, -0.25) is 0 Å². The second-order valence-corrected chi connectivity index (χ2v) is 2.72. The van der Waals surface area contributed by atoms with Crippen molar-refractivity contribution in [2.75, 3.05) is 0 Å². The Morgan fingerprint density at radius 1 is 1.55 bits per heavy atom. The Labute approximate surface area is 73.9 Å². The van der Waals surface area contributed by atoms with Gasteiger partial charge in [0.1, 0.15) is 5.15 Å². The zero-order valence-corrected chi connectivity index (χ0v) is 7.02. The van der Waals surface area contributed by atoms with Gasteiger partial charge in [0.2, 0.25) is 0 Å². The third-order valence-electron chi connectivity index (χ3n) is 1.14. The second-order valence-electron chi connectivity index (χ2n) is 1.95. The van der Waals surface area contributed by atoms with Crippen molar-refractivity contribution < 1.29 is 5.21 Å². The minimum absolute atomic E-state index is 0.272. The van der Waals surface area contributed by atoms with Crippen LogP contribution in [-0.4, -0.2) is 10.2 Å². The molecule has 0 unspecified atom stereocenters. The third kappa shape index (κ3) is 2.31. The predicted molar refractivity (Wildman–Crippen MR) is 42.9 cm³/mol. The van der Waals surface area contributed by atoms with Crippen LogP contribution >= 0.6 is 23.2 Å². The van der Waals surface area contributed by atoms with E-state index in [4.69, 9.17) is 28.4 Å². The minimum atomic E-state index is 0.272. The normalized spacial score (nSPS) is 10.1. The van der Waals surface area contributed by atoms with Gasteiger partial charge >= 0.3 is 0 Å². The summed E-state index contributed by atoms with van der Waals surface area (Å²) in [6.07, 6.45) is 1.54. The van der Waals surface area contributed by atoms with E-state index in [0.717, 1.165) is 5.56 Å². The Kier molecular flexibility index (Phi) is 3.08. The molecule has 0 aliphatic heterocycles. The first-order valence-electron chi connectivity index (χ1n) is 2.91. The minimum Gasteiger partial charge on any atom is -0.316 e. The summed E-state index contributed by atoms with van der Waals surface area (Å²) in [4.78, 5) is 3.78. The first kappa shape index (κ1) is 8.74. The van der Waals surface area contributed by atoms with E-state index in [-0.39, 0.29) is 5.15 Å². The molecule has 1 aromatic heterocycles. The lowest BCUT2D eigenvalue weighted by Gasteiger charge is -1.99. The summed E-state index contributed by atoms with van der Waals surface area (Å²) in [7, 11) is 0. The van der Waals surface area contributed by atoms with Crippen molar-refractivity contribution in [3.8, 4) is 0 Å². The van der Waals surface area contributed by atoms with Gasteiger partial charge in [-0.15, -0.1) is 0 Å².